The Labute approximate surface area is 513 Å². The molecule has 0 heterocycles. The maximum atomic E-state index is 12.5. The number of rotatable bonds is 70. The lowest BCUT2D eigenvalue weighted by atomic mass is 10.0. The molecule has 6 heteroatoms. The average molecular weight is 1150 g/mol. The molecular weight excluding hydrogens is 1010 g/mol. The van der Waals surface area contributed by atoms with E-state index >= 15 is 0 Å². The monoisotopic (exact) mass is 1150 g/mol. The van der Waals surface area contributed by atoms with E-state index in [-0.39, 0.29) is 18.5 Å². The lowest BCUT2D eigenvalue weighted by Gasteiger charge is -2.20. The number of carbonyl (C=O) groups excluding carboxylic acids is 2. The molecule has 82 heavy (non-hydrogen) atoms. The lowest BCUT2D eigenvalue weighted by molar-refractivity contribution is -0.143. The average Bonchev–Trinajstić information content (AvgIpc) is 3.48. The molecule has 0 radical (unpaired) electrons. The maximum absolute atomic E-state index is 12.5. The second-order valence-corrected chi connectivity index (χ2v) is 25.6. The molecule has 0 aromatic carbocycles. The Bertz CT molecular complexity index is 1330. The lowest BCUT2D eigenvalue weighted by Crippen LogP contribution is -2.45. The quantitative estimate of drug-likeness (QED) is 0.0320. The number of esters is 1. The van der Waals surface area contributed by atoms with Gasteiger partial charge in [0.15, 0.2) is 0 Å². The number of hydrogen-bond donors (Lipinski definition) is 3. The summed E-state index contributed by atoms with van der Waals surface area (Å²) >= 11 is 0. The van der Waals surface area contributed by atoms with Crippen molar-refractivity contribution in [3.63, 3.8) is 0 Å². The van der Waals surface area contributed by atoms with Crippen LogP contribution < -0.4 is 5.32 Å². The topological polar surface area (TPSA) is 95.9 Å². The van der Waals surface area contributed by atoms with Crippen molar-refractivity contribution in [2.75, 3.05) is 13.2 Å². The van der Waals surface area contributed by atoms with Crippen LogP contribution in [0.2, 0.25) is 0 Å². The molecule has 0 bridgehead atoms. The zero-order valence-corrected chi connectivity index (χ0v) is 55.5. The van der Waals surface area contributed by atoms with E-state index in [4.69, 9.17) is 4.74 Å². The van der Waals surface area contributed by atoms with Crippen molar-refractivity contribution in [3.8, 4) is 0 Å². The summed E-state index contributed by atoms with van der Waals surface area (Å²) in [4.78, 5) is 24.6. The molecule has 0 aliphatic heterocycles. The smallest absolute Gasteiger partial charge is 0.305 e. The Kier molecular flexibility index (Phi) is 69.9. The minimum absolute atomic E-state index is 0.0141. The van der Waals surface area contributed by atoms with Gasteiger partial charge in [-0.25, -0.2) is 0 Å². The first kappa shape index (κ1) is 80.1. The summed E-state index contributed by atoms with van der Waals surface area (Å²) in [5, 5.41) is 23.3. The van der Waals surface area contributed by atoms with E-state index in [1.807, 2.05) is 6.08 Å². The van der Waals surface area contributed by atoms with Crippen LogP contribution in [0.15, 0.2) is 36.5 Å². The first-order chi connectivity index (χ1) is 40.5. The molecule has 0 aliphatic carbocycles. The molecule has 3 N–H and O–H groups in total. The molecule has 0 aromatic heterocycles. The zero-order chi connectivity index (χ0) is 59.2. The van der Waals surface area contributed by atoms with Crippen molar-refractivity contribution in [3.05, 3.63) is 36.5 Å². The van der Waals surface area contributed by atoms with Crippen molar-refractivity contribution < 1.29 is 24.5 Å². The molecule has 0 spiro atoms. The summed E-state index contributed by atoms with van der Waals surface area (Å²) in [6.45, 7) is 4.94. The van der Waals surface area contributed by atoms with Gasteiger partial charge >= 0.3 is 5.97 Å². The normalized spacial score (nSPS) is 12.7. The largest absolute Gasteiger partial charge is 0.466 e. The minimum Gasteiger partial charge on any atom is -0.466 e. The van der Waals surface area contributed by atoms with Crippen LogP contribution in [0.1, 0.15) is 412 Å². The van der Waals surface area contributed by atoms with Crippen LogP contribution in [0.5, 0.6) is 0 Å². The van der Waals surface area contributed by atoms with Crippen LogP contribution in [0.3, 0.4) is 0 Å². The highest BCUT2D eigenvalue weighted by Crippen LogP contribution is 2.19. The number of nitrogens with one attached hydrogen (secondary N) is 1. The Hall–Kier alpha value is -1.92. The second kappa shape index (κ2) is 71.6. The summed E-state index contributed by atoms with van der Waals surface area (Å²) in [7, 11) is 0. The first-order valence-corrected chi connectivity index (χ1v) is 37.3. The van der Waals surface area contributed by atoms with E-state index in [1.54, 1.807) is 6.08 Å². The van der Waals surface area contributed by atoms with Crippen molar-refractivity contribution in [2.45, 2.75) is 424 Å². The van der Waals surface area contributed by atoms with Crippen LogP contribution in [0, 0.1) is 0 Å². The van der Waals surface area contributed by atoms with Gasteiger partial charge in [-0.15, -0.1) is 0 Å². The summed E-state index contributed by atoms with van der Waals surface area (Å²) in [5.74, 6) is -0.0563. The van der Waals surface area contributed by atoms with Crippen molar-refractivity contribution in [1.82, 2.24) is 5.32 Å². The molecule has 484 valence electrons. The van der Waals surface area contributed by atoms with Gasteiger partial charge in [-0.05, 0) is 64.2 Å². The number of amides is 1. The highest BCUT2D eigenvalue weighted by atomic mass is 16.5. The van der Waals surface area contributed by atoms with E-state index in [0.29, 0.717) is 19.4 Å². The fourth-order valence-corrected chi connectivity index (χ4v) is 11.7. The highest BCUT2D eigenvalue weighted by Gasteiger charge is 2.18. The fourth-order valence-electron chi connectivity index (χ4n) is 11.7. The van der Waals surface area contributed by atoms with Gasteiger partial charge in [0.2, 0.25) is 5.91 Å². The fraction of sp³-hybridized carbons (Fsp3) is 0.895. The van der Waals surface area contributed by atoms with Gasteiger partial charge in [0.1, 0.15) is 0 Å². The number of hydrogen-bond acceptors (Lipinski definition) is 5. The Balaban J connectivity index is 3.43. The Morgan fingerprint density at radius 1 is 0.341 bits per heavy atom. The molecule has 0 saturated heterocycles. The van der Waals surface area contributed by atoms with Gasteiger partial charge in [0.25, 0.3) is 0 Å². The van der Waals surface area contributed by atoms with E-state index < -0.39 is 12.1 Å². The molecule has 2 unspecified atom stereocenters. The molecule has 1 amide bonds. The number of allylic oxidation sites excluding steroid dienone is 5. The van der Waals surface area contributed by atoms with E-state index in [0.717, 1.165) is 44.9 Å². The predicted molar refractivity (Wildman–Crippen MR) is 361 cm³/mol. The SMILES string of the molecule is CCCCCCCCCCCCCCCCCCCCC/C=C/C(O)C(CO)NC(=O)CCCCCCCCCCC/C=C\C/C=C\CCCCCCCCCCCOC(=O)CCCCCCCCCCCCCCCCCCCCC. The number of ether oxygens (including phenoxy) is 1. The Morgan fingerprint density at radius 3 is 0.927 bits per heavy atom. The third-order valence-corrected chi connectivity index (χ3v) is 17.4. The molecule has 2 atom stereocenters. The highest BCUT2D eigenvalue weighted by molar-refractivity contribution is 5.76. The molecule has 0 rings (SSSR count). The molecule has 0 saturated carbocycles. The van der Waals surface area contributed by atoms with E-state index in [9.17, 15) is 19.8 Å². The van der Waals surface area contributed by atoms with Gasteiger partial charge in [0, 0.05) is 12.8 Å². The molecule has 0 fully saturated rings. The zero-order valence-electron chi connectivity index (χ0n) is 55.5. The molecule has 0 aliphatic rings. The number of carbonyl (C=O) groups is 2. The van der Waals surface area contributed by atoms with Crippen LogP contribution in [0.25, 0.3) is 0 Å². The second-order valence-electron chi connectivity index (χ2n) is 25.6. The maximum Gasteiger partial charge on any atom is 0.305 e. The molecule has 0 aromatic rings. The first-order valence-electron chi connectivity index (χ1n) is 37.3. The van der Waals surface area contributed by atoms with Gasteiger partial charge in [-0.1, -0.05) is 371 Å². The third kappa shape index (κ3) is 67.2. The summed E-state index contributed by atoms with van der Waals surface area (Å²) in [5.41, 5.74) is 0. The van der Waals surface area contributed by atoms with Crippen LogP contribution in [-0.4, -0.2) is 47.4 Å². The Morgan fingerprint density at radius 2 is 0.610 bits per heavy atom. The number of unbranched alkanes of at least 4 members (excludes halogenated alkanes) is 55. The van der Waals surface area contributed by atoms with Gasteiger partial charge in [0.05, 0.1) is 25.4 Å². The molecule has 6 nitrogen and oxygen atoms in total. The standard InChI is InChI=1S/C76H145NO5/c1-3-5-7-9-11-13-15-17-19-21-23-29-33-36-40-44-48-52-56-60-64-68-74(79)73(72-78)77-75(80)69-65-61-57-53-49-45-41-37-34-30-27-25-24-26-28-31-35-39-43-47-51-55-59-63-67-71-82-76(81)70-66-62-58-54-50-46-42-38-32-22-20-18-16-14-12-10-8-6-4-2/h25-28,64,68,73-74,78-79H,3-24,29-63,65-67,69-72H2,1-2H3,(H,77,80)/b27-25-,28-26-,68-64+. The third-order valence-electron chi connectivity index (χ3n) is 17.4. The summed E-state index contributed by atoms with van der Waals surface area (Å²) in [6, 6.07) is -0.634. The molecular formula is C76H145NO5. The van der Waals surface area contributed by atoms with Crippen molar-refractivity contribution in [1.29, 1.82) is 0 Å². The van der Waals surface area contributed by atoms with Crippen molar-refractivity contribution in [2.24, 2.45) is 0 Å². The summed E-state index contributed by atoms with van der Waals surface area (Å²) in [6.07, 6.45) is 92.3. The van der Waals surface area contributed by atoms with E-state index in [1.165, 1.54) is 340 Å². The van der Waals surface area contributed by atoms with Crippen LogP contribution >= 0.6 is 0 Å². The van der Waals surface area contributed by atoms with Gasteiger partial charge < -0.3 is 20.3 Å². The van der Waals surface area contributed by atoms with Gasteiger partial charge in [-0.3, -0.25) is 9.59 Å². The van der Waals surface area contributed by atoms with Crippen LogP contribution in [0.4, 0.5) is 0 Å². The predicted octanol–water partition coefficient (Wildman–Crippen LogP) is 24.3. The minimum atomic E-state index is -0.850. The van der Waals surface area contributed by atoms with Gasteiger partial charge in [-0.2, -0.15) is 0 Å². The van der Waals surface area contributed by atoms with Crippen LogP contribution in [-0.2, 0) is 14.3 Å². The van der Waals surface area contributed by atoms with Crippen molar-refractivity contribution >= 4 is 11.9 Å². The number of aliphatic hydroxyl groups is 2. The summed E-state index contributed by atoms with van der Waals surface area (Å²) < 4.78 is 5.51. The number of aliphatic hydroxyl groups excluding tert-OH is 2. The van der Waals surface area contributed by atoms with E-state index in [2.05, 4.69) is 43.5 Å².